The standard InChI is InChI=1S/C14H18F3NO3/c1-20-13(19)11-6-10(7-18-8-11)9-2-4-12(5-3-9)21-14(15,16)17/h2-5,10-11,13,18-19H,6-8H2,1H3. The summed E-state index contributed by atoms with van der Waals surface area (Å²) in [4.78, 5) is 0. The number of aliphatic hydroxyl groups is 1. The molecule has 0 saturated carbocycles. The van der Waals surface area contributed by atoms with Gasteiger partial charge in [0.1, 0.15) is 5.75 Å². The first-order chi connectivity index (χ1) is 9.89. The molecule has 0 radical (unpaired) electrons. The number of alkyl halides is 3. The molecule has 1 fully saturated rings. The molecule has 0 spiro atoms. The first-order valence-electron chi connectivity index (χ1n) is 6.66. The van der Waals surface area contributed by atoms with E-state index in [1.165, 1.54) is 19.2 Å². The summed E-state index contributed by atoms with van der Waals surface area (Å²) in [6, 6.07) is 5.85. The largest absolute Gasteiger partial charge is 0.573 e. The number of halogens is 3. The second-order valence-corrected chi connectivity index (χ2v) is 5.09. The fraction of sp³-hybridized carbons (Fsp3) is 0.571. The second kappa shape index (κ2) is 6.64. The molecular weight excluding hydrogens is 287 g/mol. The highest BCUT2D eigenvalue weighted by Gasteiger charge is 2.31. The maximum Gasteiger partial charge on any atom is 0.573 e. The summed E-state index contributed by atoms with van der Waals surface area (Å²) < 4.78 is 45.1. The quantitative estimate of drug-likeness (QED) is 0.838. The van der Waals surface area contributed by atoms with Crippen molar-refractivity contribution in [3.8, 4) is 5.75 Å². The Kier molecular flexibility index (Phi) is 5.08. The van der Waals surface area contributed by atoms with Crippen molar-refractivity contribution in [2.45, 2.75) is 25.0 Å². The van der Waals surface area contributed by atoms with E-state index in [4.69, 9.17) is 4.74 Å². The number of aliphatic hydroxyl groups excluding tert-OH is 1. The van der Waals surface area contributed by atoms with Gasteiger partial charge in [-0.15, -0.1) is 13.2 Å². The van der Waals surface area contributed by atoms with E-state index in [-0.39, 0.29) is 17.6 Å². The van der Waals surface area contributed by atoms with Gasteiger partial charge in [0.15, 0.2) is 6.29 Å². The van der Waals surface area contributed by atoms with Crippen molar-refractivity contribution in [3.05, 3.63) is 29.8 Å². The van der Waals surface area contributed by atoms with Crippen LogP contribution in [0.15, 0.2) is 24.3 Å². The fourth-order valence-corrected chi connectivity index (χ4v) is 2.58. The molecule has 0 aliphatic carbocycles. The third-order valence-corrected chi connectivity index (χ3v) is 3.61. The van der Waals surface area contributed by atoms with Crippen LogP contribution >= 0.6 is 0 Å². The minimum Gasteiger partial charge on any atom is -0.406 e. The van der Waals surface area contributed by atoms with Crippen LogP contribution in [0.3, 0.4) is 0 Å². The lowest BCUT2D eigenvalue weighted by Gasteiger charge is -2.32. The van der Waals surface area contributed by atoms with Gasteiger partial charge in [0, 0.05) is 26.1 Å². The van der Waals surface area contributed by atoms with Crippen LogP contribution in [0.2, 0.25) is 0 Å². The monoisotopic (exact) mass is 305 g/mol. The average molecular weight is 305 g/mol. The molecule has 1 aliphatic rings. The molecule has 0 bridgehead atoms. The lowest BCUT2D eigenvalue weighted by atomic mass is 9.85. The van der Waals surface area contributed by atoms with Gasteiger partial charge in [-0.05, 0) is 30.0 Å². The molecular formula is C14H18F3NO3. The van der Waals surface area contributed by atoms with Crippen molar-refractivity contribution in [1.29, 1.82) is 0 Å². The Hall–Kier alpha value is -1.31. The van der Waals surface area contributed by atoms with Crippen molar-refractivity contribution >= 4 is 0 Å². The van der Waals surface area contributed by atoms with Crippen molar-refractivity contribution in [2.75, 3.05) is 20.2 Å². The van der Waals surface area contributed by atoms with Crippen molar-refractivity contribution in [2.24, 2.45) is 5.92 Å². The summed E-state index contributed by atoms with van der Waals surface area (Å²) in [7, 11) is 1.44. The van der Waals surface area contributed by atoms with Gasteiger partial charge in [0.25, 0.3) is 0 Å². The molecule has 1 saturated heterocycles. The van der Waals surface area contributed by atoms with Crippen LogP contribution in [0.25, 0.3) is 0 Å². The Morgan fingerprint density at radius 3 is 2.48 bits per heavy atom. The molecule has 1 aromatic rings. The van der Waals surface area contributed by atoms with Crippen molar-refractivity contribution < 1.29 is 27.8 Å². The number of methoxy groups -OCH3 is 1. The summed E-state index contributed by atoms with van der Waals surface area (Å²) in [5.41, 5.74) is 0.907. The number of nitrogens with one attached hydrogen (secondary N) is 1. The number of ether oxygens (including phenoxy) is 2. The van der Waals surface area contributed by atoms with Gasteiger partial charge in [-0.3, -0.25) is 0 Å². The van der Waals surface area contributed by atoms with E-state index >= 15 is 0 Å². The smallest absolute Gasteiger partial charge is 0.406 e. The van der Waals surface area contributed by atoms with Gasteiger partial charge >= 0.3 is 6.36 Å². The van der Waals surface area contributed by atoms with Gasteiger partial charge in [-0.2, -0.15) is 0 Å². The Labute approximate surface area is 120 Å². The maximum atomic E-state index is 12.1. The molecule has 1 aromatic carbocycles. The van der Waals surface area contributed by atoms with E-state index in [1.807, 2.05) is 0 Å². The van der Waals surface area contributed by atoms with Crippen LogP contribution in [0.5, 0.6) is 5.75 Å². The highest BCUT2D eigenvalue weighted by Crippen LogP contribution is 2.30. The van der Waals surface area contributed by atoms with Crippen LogP contribution in [0, 0.1) is 5.92 Å². The second-order valence-electron chi connectivity index (χ2n) is 5.09. The van der Waals surface area contributed by atoms with E-state index in [0.29, 0.717) is 19.5 Å². The van der Waals surface area contributed by atoms with Gasteiger partial charge in [-0.25, -0.2) is 0 Å². The predicted octanol–water partition coefficient (Wildman–Crippen LogP) is 2.24. The van der Waals surface area contributed by atoms with E-state index in [9.17, 15) is 18.3 Å². The normalized spacial score (nSPS) is 24.6. The topological polar surface area (TPSA) is 50.7 Å². The SMILES string of the molecule is COC(O)C1CNCC(c2ccc(OC(F)(F)F)cc2)C1. The van der Waals surface area contributed by atoms with Crippen LogP contribution in [-0.2, 0) is 4.74 Å². The fourth-order valence-electron chi connectivity index (χ4n) is 2.58. The van der Waals surface area contributed by atoms with Gasteiger partial charge in [-0.1, -0.05) is 12.1 Å². The molecule has 7 heteroatoms. The zero-order valence-electron chi connectivity index (χ0n) is 11.6. The lowest BCUT2D eigenvalue weighted by Crippen LogP contribution is -2.41. The molecule has 118 valence electrons. The van der Waals surface area contributed by atoms with E-state index in [1.54, 1.807) is 12.1 Å². The Bertz CT molecular complexity index is 450. The number of benzene rings is 1. The molecule has 3 unspecified atom stereocenters. The van der Waals surface area contributed by atoms with Crippen LogP contribution in [0.4, 0.5) is 13.2 Å². The zero-order valence-corrected chi connectivity index (χ0v) is 11.6. The third kappa shape index (κ3) is 4.59. The molecule has 0 amide bonds. The molecule has 2 rings (SSSR count). The van der Waals surface area contributed by atoms with Crippen LogP contribution < -0.4 is 10.1 Å². The molecule has 1 aliphatic heterocycles. The van der Waals surface area contributed by atoms with Gasteiger partial charge < -0.3 is 19.9 Å². The van der Waals surface area contributed by atoms with E-state index in [0.717, 1.165) is 5.56 Å². The lowest BCUT2D eigenvalue weighted by molar-refractivity contribution is -0.274. The van der Waals surface area contributed by atoms with Crippen molar-refractivity contribution in [1.82, 2.24) is 5.32 Å². The first-order valence-corrected chi connectivity index (χ1v) is 6.66. The number of rotatable bonds is 4. The maximum absolute atomic E-state index is 12.1. The Morgan fingerprint density at radius 2 is 1.90 bits per heavy atom. The predicted molar refractivity (Wildman–Crippen MR) is 69.9 cm³/mol. The Morgan fingerprint density at radius 1 is 1.24 bits per heavy atom. The molecule has 3 atom stereocenters. The summed E-state index contributed by atoms with van der Waals surface area (Å²) in [5.74, 6) is -0.156. The van der Waals surface area contributed by atoms with Gasteiger partial charge in [0.2, 0.25) is 0 Å². The molecule has 4 nitrogen and oxygen atoms in total. The highest BCUT2D eigenvalue weighted by molar-refractivity contribution is 5.30. The van der Waals surface area contributed by atoms with Gasteiger partial charge in [0.05, 0.1) is 0 Å². The molecule has 1 heterocycles. The third-order valence-electron chi connectivity index (χ3n) is 3.61. The minimum absolute atomic E-state index is 0.0418. The molecule has 0 aromatic heterocycles. The minimum atomic E-state index is -4.68. The highest BCUT2D eigenvalue weighted by atomic mass is 19.4. The number of hydrogen-bond donors (Lipinski definition) is 2. The molecule has 2 N–H and O–H groups in total. The van der Waals surface area contributed by atoms with Crippen LogP contribution in [0.1, 0.15) is 17.9 Å². The molecule has 21 heavy (non-hydrogen) atoms. The summed E-state index contributed by atoms with van der Waals surface area (Å²) >= 11 is 0. The summed E-state index contributed by atoms with van der Waals surface area (Å²) in [6.45, 7) is 1.37. The number of piperidine rings is 1. The summed E-state index contributed by atoms with van der Waals surface area (Å²) in [5, 5.41) is 12.9. The van der Waals surface area contributed by atoms with Crippen LogP contribution in [-0.4, -0.2) is 38.0 Å². The van der Waals surface area contributed by atoms with Crippen molar-refractivity contribution in [3.63, 3.8) is 0 Å². The Balaban J connectivity index is 2.01. The van der Waals surface area contributed by atoms with E-state index in [2.05, 4.69) is 10.1 Å². The van der Waals surface area contributed by atoms with E-state index < -0.39 is 12.7 Å². The first kappa shape index (κ1) is 16.1. The summed E-state index contributed by atoms with van der Waals surface area (Å²) in [6.07, 6.45) is -4.81. The average Bonchev–Trinajstić information content (AvgIpc) is 2.45. The zero-order chi connectivity index (χ0) is 15.5. The number of hydrogen-bond acceptors (Lipinski definition) is 4.